The maximum absolute atomic E-state index is 14.6. The number of benzene rings is 1. The van der Waals surface area contributed by atoms with E-state index in [2.05, 4.69) is 30.3 Å². The Kier molecular flexibility index (Phi) is 8.37. The minimum atomic E-state index is -0.143. The first-order chi connectivity index (χ1) is 13.5. The molecule has 0 aliphatic rings. The van der Waals surface area contributed by atoms with Crippen molar-refractivity contribution in [1.29, 1.82) is 5.41 Å². The third-order valence-electron chi connectivity index (χ3n) is 4.89. The number of hydrogen-bond acceptors (Lipinski definition) is 3. The zero-order valence-electron chi connectivity index (χ0n) is 17.4. The van der Waals surface area contributed by atoms with Crippen molar-refractivity contribution in [2.45, 2.75) is 52.9 Å². The summed E-state index contributed by atoms with van der Waals surface area (Å²) in [6, 6.07) is 9.43. The molecule has 0 unspecified atom stereocenters. The third kappa shape index (κ3) is 5.75. The highest BCUT2D eigenvalue weighted by atomic mass is 19.1. The van der Waals surface area contributed by atoms with E-state index in [-0.39, 0.29) is 5.82 Å². The van der Waals surface area contributed by atoms with Gasteiger partial charge in [0, 0.05) is 19.3 Å². The first-order valence-electron chi connectivity index (χ1n) is 10.2. The van der Waals surface area contributed by atoms with Crippen molar-refractivity contribution in [3.05, 3.63) is 71.3 Å². The topological polar surface area (TPSA) is 40.0 Å². The van der Waals surface area contributed by atoms with Gasteiger partial charge in [0.05, 0.1) is 17.1 Å². The largest absolute Gasteiger partial charge is 0.369 e. The number of aryl methyl sites for hydroxylation is 2. The van der Waals surface area contributed by atoms with Crippen LogP contribution in [0.4, 0.5) is 10.1 Å². The number of halogens is 1. The van der Waals surface area contributed by atoms with Gasteiger partial charge in [0.25, 0.3) is 0 Å². The van der Waals surface area contributed by atoms with Crippen molar-refractivity contribution in [2.24, 2.45) is 0 Å². The molecule has 0 saturated carbocycles. The molecule has 1 aromatic carbocycles. The molecule has 1 aromatic heterocycles. The van der Waals surface area contributed by atoms with E-state index < -0.39 is 0 Å². The van der Waals surface area contributed by atoms with Crippen LogP contribution in [0.1, 0.15) is 56.4 Å². The third-order valence-corrected chi connectivity index (χ3v) is 4.89. The van der Waals surface area contributed by atoms with Gasteiger partial charge in [-0.25, -0.2) is 4.39 Å². The van der Waals surface area contributed by atoms with Crippen LogP contribution in [0.15, 0.2) is 48.7 Å². The van der Waals surface area contributed by atoms with Crippen molar-refractivity contribution in [3.8, 4) is 0 Å². The Morgan fingerprint density at radius 2 is 1.96 bits per heavy atom. The minimum absolute atomic E-state index is 0.143. The first kappa shape index (κ1) is 21.8. The smallest absolute Gasteiger partial charge is 0.146 e. The van der Waals surface area contributed by atoms with Gasteiger partial charge in [0.2, 0.25) is 0 Å². The van der Waals surface area contributed by atoms with Crippen LogP contribution in [0.5, 0.6) is 0 Å². The summed E-state index contributed by atoms with van der Waals surface area (Å²) in [5, 5.41) is 8.37. The van der Waals surface area contributed by atoms with Crippen molar-refractivity contribution < 1.29 is 4.39 Å². The highest BCUT2D eigenvalue weighted by molar-refractivity contribution is 6.09. The summed E-state index contributed by atoms with van der Waals surface area (Å²) in [7, 11) is 0. The average Bonchev–Trinajstić information content (AvgIpc) is 2.67. The molecule has 0 bridgehead atoms. The zero-order valence-corrected chi connectivity index (χ0v) is 17.4. The molecule has 0 saturated heterocycles. The highest BCUT2D eigenvalue weighted by Gasteiger charge is 2.14. The van der Waals surface area contributed by atoms with Gasteiger partial charge >= 0.3 is 0 Å². The lowest BCUT2D eigenvalue weighted by Crippen LogP contribution is -2.26. The molecule has 150 valence electrons. The molecule has 0 aliphatic heterocycles. The summed E-state index contributed by atoms with van der Waals surface area (Å²) in [6.07, 6.45) is 6.10. The predicted octanol–water partition coefficient (Wildman–Crippen LogP) is 6.10. The SMILES string of the molecule is C=C(CCCN(CCC)c1ccc(CCC)cc1F)C(=N)c1ncccc1C. The van der Waals surface area contributed by atoms with E-state index in [1.54, 1.807) is 12.3 Å². The van der Waals surface area contributed by atoms with Crippen LogP contribution < -0.4 is 4.90 Å². The fraction of sp³-hybridized carbons (Fsp3) is 0.417. The molecule has 3 nitrogen and oxygen atoms in total. The van der Waals surface area contributed by atoms with E-state index in [1.165, 1.54) is 0 Å². The Morgan fingerprint density at radius 1 is 1.18 bits per heavy atom. The van der Waals surface area contributed by atoms with E-state index >= 15 is 0 Å². The van der Waals surface area contributed by atoms with Crippen molar-refractivity contribution in [3.63, 3.8) is 0 Å². The zero-order chi connectivity index (χ0) is 20.5. The first-order valence-corrected chi connectivity index (χ1v) is 10.2. The normalized spacial score (nSPS) is 10.7. The number of hydrogen-bond donors (Lipinski definition) is 1. The molecule has 0 spiro atoms. The second-order valence-corrected chi connectivity index (χ2v) is 7.27. The number of nitrogens with zero attached hydrogens (tertiary/aromatic N) is 2. The van der Waals surface area contributed by atoms with Gasteiger partial charge < -0.3 is 4.90 Å². The Hall–Kier alpha value is -2.49. The Labute approximate surface area is 168 Å². The Balaban J connectivity index is 1.99. The lowest BCUT2D eigenvalue weighted by Gasteiger charge is -2.25. The van der Waals surface area contributed by atoms with Gasteiger partial charge in [-0.15, -0.1) is 0 Å². The molecule has 0 aliphatic carbocycles. The standard InChI is InChI=1S/C24H32FN3/c1-5-9-20-12-13-22(21(25)17-20)28(15-6-2)16-8-11-18(3)23(26)24-19(4)10-7-14-27-24/h7,10,12-14,17,26H,3,5-6,8-9,11,15-16H2,1-2,4H3. The molecule has 28 heavy (non-hydrogen) atoms. The number of pyridine rings is 1. The molecule has 2 rings (SSSR count). The molecule has 1 heterocycles. The van der Waals surface area contributed by atoms with E-state index in [1.807, 2.05) is 31.2 Å². The molecular weight excluding hydrogens is 349 g/mol. The minimum Gasteiger partial charge on any atom is -0.369 e. The summed E-state index contributed by atoms with van der Waals surface area (Å²) >= 11 is 0. The number of rotatable bonds is 11. The number of anilines is 1. The quantitative estimate of drug-likeness (QED) is 0.478. The van der Waals surface area contributed by atoms with Gasteiger partial charge in [0.1, 0.15) is 5.82 Å². The summed E-state index contributed by atoms with van der Waals surface area (Å²) in [6.45, 7) is 11.8. The van der Waals surface area contributed by atoms with Gasteiger partial charge in [0.15, 0.2) is 0 Å². The summed E-state index contributed by atoms with van der Waals surface area (Å²) in [5.41, 5.74) is 4.56. The van der Waals surface area contributed by atoms with Gasteiger partial charge in [-0.2, -0.15) is 0 Å². The van der Waals surface area contributed by atoms with E-state index in [0.29, 0.717) is 23.5 Å². The molecule has 0 amide bonds. The van der Waals surface area contributed by atoms with Crippen LogP contribution in [0.3, 0.4) is 0 Å². The second kappa shape index (κ2) is 10.7. The summed E-state index contributed by atoms with van der Waals surface area (Å²) in [4.78, 5) is 6.41. The summed E-state index contributed by atoms with van der Waals surface area (Å²) in [5.74, 6) is -0.143. The Morgan fingerprint density at radius 3 is 2.61 bits per heavy atom. The van der Waals surface area contributed by atoms with E-state index in [0.717, 1.165) is 55.5 Å². The van der Waals surface area contributed by atoms with Crippen LogP contribution in [-0.2, 0) is 6.42 Å². The monoisotopic (exact) mass is 381 g/mol. The van der Waals surface area contributed by atoms with E-state index in [4.69, 9.17) is 5.41 Å². The maximum Gasteiger partial charge on any atom is 0.146 e. The van der Waals surface area contributed by atoms with Gasteiger partial charge in [-0.1, -0.05) is 39.0 Å². The molecule has 2 aromatic rings. The molecule has 0 radical (unpaired) electrons. The lowest BCUT2D eigenvalue weighted by molar-refractivity contribution is 0.608. The van der Waals surface area contributed by atoms with Crippen molar-refractivity contribution in [2.75, 3.05) is 18.0 Å². The van der Waals surface area contributed by atoms with Crippen LogP contribution in [0, 0.1) is 18.2 Å². The summed E-state index contributed by atoms with van der Waals surface area (Å²) < 4.78 is 14.6. The van der Waals surface area contributed by atoms with Crippen LogP contribution >= 0.6 is 0 Å². The Bertz CT molecular complexity index is 813. The predicted molar refractivity (Wildman–Crippen MR) is 117 cm³/mol. The van der Waals surface area contributed by atoms with Crippen molar-refractivity contribution in [1.82, 2.24) is 4.98 Å². The molecule has 1 N–H and O–H groups in total. The average molecular weight is 382 g/mol. The fourth-order valence-electron chi connectivity index (χ4n) is 3.40. The molecule has 0 atom stereocenters. The van der Waals surface area contributed by atoms with Gasteiger partial charge in [-0.05, 0) is 67.5 Å². The van der Waals surface area contributed by atoms with Crippen LogP contribution in [0.25, 0.3) is 0 Å². The number of allylic oxidation sites excluding steroid dienone is 1. The highest BCUT2D eigenvalue weighted by Crippen LogP contribution is 2.23. The molecule has 4 heteroatoms. The maximum atomic E-state index is 14.6. The fourth-order valence-corrected chi connectivity index (χ4v) is 3.40. The second-order valence-electron chi connectivity index (χ2n) is 7.27. The lowest BCUT2D eigenvalue weighted by atomic mass is 10.0. The van der Waals surface area contributed by atoms with E-state index in [9.17, 15) is 4.39 Å². The van der Waals surface area contributed by atoms with Crippen molar-refractivity contribution >= 4 is 11.4 Å². The number of nitrogens with one attached hydrogen (secondary N) is 1. The van der Waals surface area contributed by atoms with Crippen LogP contribution in [0.2, 0.25) is 0 Å². The molecular formula is C24H32FN3. The van der Waals surface area contributed by atoms with Crippen LogP contribution in [-0.4, -0.2) is 23.8 Å². The van der Waals surface area contributed by atoms with Gasteiger partial charge in [-0.3, -0.25) is 10.4 Å². The molecule has 0 fully saturated rings. The number of aromatic nitrogens is 1.